The highest BCUT2D eigenvalue weighted by atomic mass is 32.2. The number of hydrogen-bond acceptors (Lipinski definition) is 3. The molecule has 0 radical (unpaired) electrons. The molecule has 1 N–H and O–H groups in total. The average molecular weight is 333 g/mol. The van der Waals surface area contributed by atoms with Gasteiger partial charge in [-0.1, -0.05) is 44.2 Å². The van der Waals surface area contributed by atoms with Crippen LogP contribution in [0, 0.1) is 5.92 Å². The lowest BCUT2D eigenvalue weighted by atomic mass is 9.98. The molecule has 2 rings (SSSR count). The smallest absolute Gasteiger partial charge is 0.241 e. The van der Waals surface area contributed by atoms with Gasteiger partial charge in [0.25, 0.3) is 0 Å². The van der Waals surface area contributed by atoms with Gasteiger partial charge in [0, 0.05) is 6.04 Å². The van der Waals surface area contributed by atoms with E-state index in [1.165, 1.54) is 0 Å². The Labute approximate surface area is 138 Å². The lowest BCUT2D eigenvalue weighted by Gasteiger charge is -2.21. The third-order valence-corrected chi connectivity index (χ3v) is 5.06. The molecule has 0 saturated heterocycles. The fourth-order valence-corrected chi connectivity index (χ4v) is 3.66. The predicted octanol–water partition coefficient (Wildman–Crippen LogP) is 3.76. The third kappa shape index (κ3) is 4.81. The van der Waals surface area contributed by atoms with Crippen LogP contribution in [0.2, 0.25) is 0 Å². The van der Waals surface area contributed by atoms with Crippen LogP contribution in [0.15, 0.2) is 59.5 Å². The van der Waals surface area contributed by atoms with Crippen LogP contribution >= 0.6 is 0 Å². The Morgan fingerprint density at radius 3 is 2.13 bits per heavy atom. The van der Waals surface area contributed by atoms with Crippen LogP contribution in [0.4, 0.5) is 0 Å². The van der Waals surface area contributed by atoms with E-state index >= 15 is 0 Å². The molecular formula is C18H23NO3S. The zero-order valence-corrected chi connectivity index (χ0v) is 14.5. The zero-order valence-electron chi connectivity index (χ0n) is 13.7. The molecule has 4 nitrogen and oxygen atoms in total. The number of sulfonamides is 1. The standard InChI is InChI=1S/C18H23NO3S/c1-14(2)13-18(15-7-5-4-6-8-15)19-23(20,21)17-11-9-16(22-3)10-12-17/h4-12,14,18-19H,13H2,1-3H3/t18-/m1/s1. The summed E-state index contributed by atoms with van der Waals surface area (Å²) in [6.07, 6.45) is 0.736. The minimum absolute atomic E-state index is 0.239. The molecule has 0 spiro atoms. The van der Waals surface area contributed by atoms with E-state index in [1.807, 2.05) is 30.3 Å². The first-order valence-electron chi connectivity index (χ1n) is 7.63. The molecule has 0 unspecified atom stereocenters. The Balaban J connectivity index is 2.26. The fraction of sp³-hybridized carbons (Fsp3) is 0.333. The first-order valence-corrected chi connectivity index (χ1v) is 9.12. The van der Waals surface area contributed by atoms with E-state index < -0.39 is 10.0 Å². The maximum absolute atomic E-state index is 12.6. The Morgan fingerprint density at radius 2 is 1.61 bits per heavy atom. The summed E-state index contributed by atoms with van der Waals surface area (Å²) >= 11 is 0. The van der Waals surface area contributed by atoms with E-state index in [9.17, 15) is 8.42 Å². The molecule has 124 valence electrons. The van der Waals surface area contributed by atoms with Crippen molar-refractivity contribution >= 4 is 10.0 Å². The molecule has 5 heteroatoms. The van der Waals surface area contributed by atoms with Crippen molar-refractivity contribution in [1.82, 2.24) is 4.72 Å². The molecule has 0 saturated carbocycles. The van der Waals surface area contributed by atoms with Gasteiger partial charge in [0.15, 0.2) is 0 Å². The molecule has 0 aromatic heterocycles. The Morgan fingerprint density at radius 1 is 1.00 bits per heavy atom. The highest BCUT2D eigenvalue weighted by molar-refractivity contribution is 7.89. The monoisotopic (exact) mass is 333 g/mol. The molecule has 1 atom stereocenters. The molecule has 23 heavy (non-hydrogen) atoms. The lowest BCUT2D eigenvalue weighted by molar-refractivity contribution is 0.414. The van der Waals surface area contributed by atoms with E-state index in [0.717, 1.165) is 12.0 Å². The van der Waals surface area contributed by atoms with Gasteiger partial charge in [-0.05, 0) is 42.2 Å². The van der Waals surface area contributed by atoms with Gasteiger partial charge in [-0.15, -0.1) is 0 Å². The molecule has 0 fully saturated rings. The van der Waals surface area contributed by atoms with Crippen LogP contribution in [0.5, 0.6) is 5.75 Å². The van der Waals surface area contributed by atoms with Gasteiger partial charge in [-0.25, -0.2) is 13.1 Å². The minimum Gasteiger partial charge on any atom is -0.497 e. The highest BCUT2D eigenvalue weighted by Gasteiger charge is 2.22. The van der Waals surface area contributed by atoms with Crippen LogP contribution < -0.4 is 9.46 Å². The number of methoxy groups -OCH3 is 1. The Hall–Kier alpha value is -1.85. The van der Waals surface area contributed by atoms with E-state index in [2.05, 4.69) is 18.6 Å². The first kappa shape index (κ1) is 17.5. The number of ether oxygens (including phenoxy) is 1. The SMILES string of the molecule is COc1ccc(S(=O)(=O)N[C@H](CC(C)C)c2ccccc2)cc1. The van der Waals surface area contributed by atoms with Crippen LogP contribution in [0.1, 0.15) is 31.9 Å². The molecule has 0 aliphatic carbocycles. The second kappa shape index (κ2) is 7.62. The van der Waals surface area contributed by atoms with Crippen LogP contribution in [-0.4, -0.2) is 15.5 Å². The number of rotatable bonds is 7. The van der Waals surface area contributed by atoms with Crippen molar-refractivity contribution in [3.8, 4) is 5.75 Å². The second-order valence-electron chi connectivity index (χ2n) is 5.89. The molecule has 0 aliphatic rings. The summed E-state index contributed by atoms with van der Waals surface area (Å²) in [5.41, 5.74) is 0.971. The summed E-state index contributed by atoms with van der Waals surface area (Å²) in [6, 6.07) is 15.8. The number of nitrogens with one attached hydrogen (secondary N) is 1. The summed E-state index contributed by atoms with van der Waals surface area (Å²) in [6.45, 7) is 4.16. The number of hydrogen-bond donors (Lipinski definition) is 1. The number of benzene rings is 2. The van der Waals surface area contributed by atoms with Crippen molar-refractivity contribution in [2.24, 2.45) is 5.92 Å². The topological polar surface area (TPSA) is 55.4 Å². The van der Waals surface area contributed by atoms with Gasteiger partial charge in [0.1, 0.15) is 5.75 Å². The van der Waals surface area contributed by atoms with Crippen LogP contribution in [0.3, 0.4) is 0 Å². The van der Waals surface area contributed by atoms with E-state index in [4.69, 9.17) is 4.74 Å². The average Bonchev–Trinajstić information content (AvgIpc) is 2.54. The van der Waals surface area contributed by atoms with E-state index in [1.54, 1.807) is 31.4 Å². The largest absolute Gasteiger partial charge is 0.497 e. The fourth-order valence-electron chi connectivity index (χ4n) is 2.42. The lowest BCUT2D eigenvalue weighted by Crippen LogP contribution is -2.29. The minimum atomic E-state index is -3.58. The summed E-state index contributed by atoms with van der Waals surface area (Å²) in [5, 5.41) is 0. The summed E-state index contributed by atoms with van der Waals surface area (Å²) in [7, 11) is -2.03. The van der Waals surface area contributed by atoms with Crippen molar-refractivity contribution < 1.29 is 13.2 Å². The van der Waals surface area contributed by atoms with Crippen molar-refractivity contribution in [1.29, 1.82) is 0 Å². The van der Waals surface area contributed by atoms with Gasteiger partial charge >= 0.3 is 0 Å². The van der Waals surface area contributed by atoms with Crippen LogP contribution in [0.25, 0.3) is 0 Å². The van der Waals surface area contributed by atoms with Crippen LogP contribution in [-0.2, 0) is 10.0 Å². The first-order chi connectivity index (χ1) is 10.9. The highest BCUT2D eigenvalue weighted by Crippen LogP contribution is 2.24. The van der Waals surface area contributed by atoms with Crippen molar-refractivity contribution in [3.05, 3.63) is 60.2 Å². The van der Waals surface area contributed by atoms with Gasteiger partial charge in [0.05, 0.1) is 12.0 Å². The summed E-state index contributed by atoms with van der Waals surface area (Å²) in [4.78, 5) is 0.239. The maximum atomic E-state index is 12.6. The Kier molecular flexibility index (Phi) is 5.80. The van der Waals surface area contributed by atoms with Crippen molar-refractivity contribution in [2.45, 2.75) is 31.2 Å². The predicted molar refractivity (Wildman–Crippen MR) is 92.0 cm³/mol. The maximum Gasteiger partial charge on any atom is 0.241 e. The molecular weight excluding hydrogens is 310 g/mol. The molecule has 0 amide bonds. The van der Waals surface area contributed by atoms with E-state index in [-0.39, 0.29) is 10.9 Å². The molecule has 0 bridgehead atoms. The van der Waals surface area contributed by atoms with Gasteiger partial charge in [-0.2, -0.15) is 0 Å². The van der Waals surface area contributed by atoms with Crippen molar-refractivity contribution in [2.75, 3.05) is 7.11 Å². The quantitative estimate of drug-likeness (QED) is 0.839. The molecule has 0 aliphatic heterocycles. The second-order valence-corrected chi connectivity index (χ2v) is 7.60. The van der Waals surface area contributed by atoms with Gasteiger partial charge < -0.3 is 4.74 Å². The van der Waals surface area contributed by atoms with E-state index in [0.29, 0.717) is 11.7 Å². The molecule has 0 heterocycles. The summed E-state index contributed by atoms with van der Waals surface area (Å²) < 4.78 is 33.2. The van der Waals surface area contributed by atoms with Gasteiger partial charge in [-0.3, -0.25) is 0 Å². The molecule has 2 aromatic rings. The Bertz CT molecular complexity index is 710. The zero-order chi connectivity index (χ0) is 16.9. The normalized spacial score (nSPS) is 13.0. The van der Waals surface area contributed by atoms with Gasteiger partial charge in [0.2, 0.25) is 10.0 Å². The third-order valence-electron chi connectivity index (χ3n) is 3.58. The summed E-state index contributed by atoms with van der Waals surface area (Å²) in [5.74, 6) is 1.00. The molecule has 2 aromatic carbocycles. The van der Waals surface area contributed by atoms with Crippen molar-refractivity contribution in [3.63, 3.8) is 0 Å².